The topological polar surface area (TPSA) is 69.8 Å². The van der Waals surface area contributed by atoms with Gasteiger partial charge >= 0.3 is 0 Å². The molecule has 2 aromatic rings. The normalized spacial score (nSPS) is 14.4. The third kappa shape index (κ3) is 2.55. The predicted octanol–water partition coefficient (Wildman–Crippen LogP) is 1.34. The summed E-state index contributed by atoms with van der Waals surface area (Å²) in [5.74, 6) is -0.104. The van der Waals surface area contributed by atoms with Gasteiger partial charge in [-0.15, -0.1) is 0 Å². The fourth-order valence-corrected chi connectivity index (χ4v) is 2.30. The molecule has 0 radical (unpaired) electrons. The van der Waals surface area contributed by atoms with Crippen LogP contribution in [0.4, 0.5) is 16.0 Å². The predicted molar refractivity (Wildman–Crippen MR) is 74.8 cm³/mol. The molecule has 3 rings (SSSR count). The zero-order valence-corrected chi connectivity index (χ0v) is 10.9. The molecule has 1 aliphatic heterocycles. The van der Waals surface area contributed by atoms with Crippen LogP contribution in [0.15, 0.2) is 29.1 Å². The van der Waals surface area contributed by atoms with Gasteiger partial charge in [-0.1, -0.05) is 12.1 Å². The Morgan fingerprint density at radius 2 is 2.00 bits per heavy atom. The van der Waals surface area contributed by atoms with Crippen molar-refractivity contribution < 1.29 is 4.39 Å². The van der Waals surface area contributed by atoms with Crippen LogP contribution in [0.2, 0.25) is 0 Å². The molecule has 3 N–H and O–H groups in total. The molecule has 0 fully saturated rings. The third-order valence-electron chi connectivity index (χ3n) is 3.32. The molecular weight excluding hydrogens is 259 g/mol. The van der Waals surface area contributed by atoms with E-state index in [1.165, 1.54) is 6.07 Å². The van der Waals surface area contributed by atoms with E-state index < -0.39 is 0 Å². The van der Waals surface area contributed by atoms with Crippen molar-refractivity contribution in [2.75, 3.05) is 18.4 Å². The van der Waals surface area contributed by atoms with Gasteiger partial charge in [0.05, 0.1) is 11.4 Å². The second-order valence-corrected chi connectivity index (χ2v) is 4.69. The van der Waals surface area contributed by atoms with Crippen molar-refractivity contribution in [1.82, 2.24) is 15.3 Å². The molecule has 5 nitrogen and oxygen atoms in total. The number of fused-ring (bicyclic) bond motifs is 1. The number of aromatic amines is 1. The van der Waals surface area contributed by atoms with Gasteiger partial charge in [-0.3, -0.25) is 9.78 Å². The van der Waals surface area contributed by atoms with Gasteiger partial charge in [0, 0.05) is 18.5 Å². The number of halogens is 1. The minimum Gasteiger partial charge on any atom is -0.323 e. The Bertz CT molecular complexity index is 683. The van der Waals surface area contributed by atoms with Crippen LogP contribution >= 0.6 is 0 Å². The van der Waals surface area contributed by atoms with Gasteiger partial charge in [0.25, 0.3) is 5.56 Å². The van der Waals surface area contributed by atoms with E-state index in [4.69, 9.17) is 0 Å². The smallest absolute Gasteiger partial charge is 0.255 e. The van der Waals surface area contributed by atoms with Gasteiger partial charge in [-0.2, -0.15) is 0 Å². The molecule has 0 bridgehead atoms. The van der Waals surface area contributed by atoms with E-state index in [1.54, 1.807) is 18.2 Å². The summed E-state index contributed by atoms with van der Waals surface area (Å²) < 4.78 is 13.6. The number of hydrogen-bond donors (Lipinski definition) is 3. The number of anilines is 2. The fourth-order valence-electron chi connectivity index (χ4n) is 2.30. The molecule has 0 spiro atoms. The third-order valence-corrected chi connectivity index (χ3v) is 3.32. The van der Waals surface area contributed by atoms with Crippen LogP contribution in [-0.4, -0.2) is 23.1 Å². The molecule has 0 unspecified atom stereocenters. The number of benzene rings is 1. The van der Waals surface area contributed by atoms with Crippen LogP contribution in [-0.2, 0) is 12.8 Å². The first-order chi connectivity index (χ1) is 9.74. The van der Waals surface area contributed by atoms with Gasteiger partial charge in [0.15, 0.2) is 0 Å². The quantitative estimate of drug-likeness (QED) is 0.773. The Morgan fingerprint density at radius 1 is 1.20 bits per heavy atom. The standard InChI is InChI=1S/C14H15FN4O/c15-10-3-1-2-4-12(10)18-14-17-11-6-8-16-7-5-9(11)13(20)19-14/h1-4,16H,5-8H2,(H2,17,18,19,20). The molecule has 0 aliphatic carbocycles. The number of nitrogens with one attached hydrogen (secondary N) is 3. The minimum atomic E-state index is -0.383. The highest BCUT2D eigenvalue weighted by molar-refractivity contribution is 5.54. The number of hydrogen-bond acceptors (Lipinski definition) is 4. The highest BCUT2D eigenvalue weighted by Gasteiger charge is 2.14. The molecule has 1 aromatic heterocycles. The molecule has 2 heterocycles. The first kappa shape index (κ1) is 12.8. The molecule has 20 heavy (non-hydrogen) atoms. The average molecular weight is 274 g/mol. The van der Waals surface area contributed by atoms with E-state index in [0.29, 0.717) is 24.1 Å². The molecule has 0 saturated heterocycles. The van der Waals surface area contributed by atoms with Crippen LogP contribution in [0.5, 0.6) is 0 Å². The van der Waals surface area contributed by atoms with E-state index in [-0.39, 0.29) is 17.3 Å². The zero-order valence-electron chi connectivity index (χ0n) is 10.9. The molecule has 0 atom stereocenters. The van der Waals surface area contributed by atoms with Gasteiger partial charge in [-0.25, -0.2) is 9.37 Å². The number of nitrogens with zero attached hydrogens (tertiary/aromatic N) is 1. The van der Waals surface area contributed by atoms with E-state index in [9.17, 15) is 9.18 Å². The highest BCUT2D eigenvalue weighted by atomic mass is 19.1. The summed E-state index contributed by atoms with van der Waals surface area (Å²) in [4.78, 5) is 19.1. The molecule has 0 saturated carbocycles. The lowest BCUT2D eigenvalue weighted by molar-refractivity contribution is 0.631. The second-order valence-electron chi connectivity index (χ2n) is 4.69. The van der Waals surface area contributed by atoms with E-state index in [0.717, 1.165) is 18.8 Å². The van der Waals surface area contributed by atoms with E-state index >= 15 is 0 Å². The van der Waals surface area contributed by atoms with Crippen LogP contribution in [0.25, 0.3) is 0 Å². The SMILES string of the molecule is O=c1[nH]c(Nc2ccccc2F)nc2c1CCNCC2. The summed E-state index contributed by atoms with van der Waals surface area (Å²) in [6.07, 6.45) is 1.36. The first-order valence-electron chi connectivity index (χ1n) is 6.58. The lowest BCUT2D eigenvalue weighted by atomic mass is 10.1. The van der Waals surface area contributed by atoms with Crippen LogP contribution < -0.4 is 16.2 Å². The fraction of sp³-hybridized carbons (Fsp3) is 0.286. The Balaban J connectivity index is 1.95. The molecule has 1 aliphatic rings. The molecule has 104 valence electrons. The van der Waals surface area contributed by atoms with Crippen molar-refractivity contribution in [2.45, 2.75) is 12.8 Å². The lowest BCUT2D eigenvalue weighted by Crippen LogP contribution is -2.20. The van der Waals surface area contributed by atoms with Gasteiger partial charge < -0.3 is 10.6 Å². The van der Waals surface area contributed by atoms with Crippen molar-refractivity contribution >= 4 is 11.6 Å². The van der Waals surface area contributed by atoms with Gasteiger partial charge in [0.1, 0.15) is 5.82 Å². The first-order valence-corrected chi connectivity index (χ1v) is 6.58. The number of rotatable bonds is 2. The number of para-hydroxylation sites is 1. The number of aromatic nitrogens is 2. The number of H-pyrrole nitrogens is 1. The molecule has 1 aromatic carbocycles. The summed E-state index contributed by atoms with van der Waals surface area (Å²) >= 11 is 0. The largest absolute Gasteiger partial charge is 0.323 e. The van der Waals surface area contributed by atoms with E-state index in [1.807, 2.05) is 0 Å². The Hall–Kier alpha value is -2.21. The van der Waals surface area contributed by atoms with Crippen LogP contribution in [0.3, 0.4) is 0 Å². The minimum absolute atomic E-state index is 0.155. The van der Waals surface area contributed by atoms with Crippen LogP contribution in [0.1, 0.15) is 11.3 Å². The van der Waals surface area contributed by atoms with Crippen molar-refractivity contribution in [3.05, 3.63) is 51.7 Å². The summed E-state index contributed by atoms with van der Waals surface area (Å²) in [5, 5.41) is 6.05. The van der Waals surface area contributed by atoms with Crippen molar-refractivity contribution in [1.29, 1.82) is 0 Å². The molecule has 0 amide bonds. The van der Waals surface area contributed by atoms with Crippen molar-refractivity contribution in [3.63, 3.8) is 0 Å². The maximum Gasteiger partial charge on any atom is 0.255 e. The summed E-state index contributed by atoms with van der Waals surface area (Å²) in [5.41, 5.74) is 1.63. The Labute approximate surface area is 115 Å². The van der Waals surface area contributed by atoms with Crippen LogP contribution in [0, 0.1) is 5.82 Å². The highest BCUT2D eigenvalue weighted by Crippen LogP contribution is 2.17. The van der Waals surface area contributed by atoms with Crippen molar-refractivity contribution in [2.24, 2.45) is 0 Å². The summed E-state index contributed by atoms with van der Waals surface area (Å²) in [7, 11) is 0. The van der Waals surface area contributed by atoms with E-state index in [2.05, 4.69) is 20.6 Å². The van der Waals surface area contributed by atoms with Gasteiger partial charge in [0.2, 0.25) is 5.95 Å². The zero-order chi connectivity index (χ0) is 13.9. The van der Waals surface area contributed by atoms with Gasteiger partial charge in [-0.05, 0) is 25.1 Å². The lowest BCUT2D eigenvalue weighted by Gasteiger charge is -2.09. The second kappa shape index (κ2) is 5.42. The molecular formula is C14H15FN4O. The maximum absolute atomic E-state index is 13.6. The summed E-state index contributed by atoms with van der Waals surface area (Å²) in [6.45, 7) is 1.57. The average Bonchev–Trinajstić information content (AvgIpc) is 2.67. The Morgan fingerprint density at radius 3 is 2.85 bits per heavy atom. The monoisotopic (exact) mass is 274 g/mol. The summed E-state index contributed by atoms with van der Waals surface area (Å²) in [6, 6.07) is 6.28. The molecule has 6 heteroatoms. The maximum atomic E-state index is 13.6. The van der Waals surface area contributed by atoms with Crippen molar-refractivity contribution in [3.8, 4) is 0 Å². The Kier molecular flexibility index (Phi) is 3.47.